The van der Waals surface area contributed by atoms with Gasteiger partial charge in [-0.1, -0.05) is 47.9 Å². The van der Waals surface area contributed by atoms with Crippen molar-refractivity contribution in [2.24, 2.45) is 0 Å². The number of carbonyl (C=O) groups is 1. The van der Waals surface area contributed by atoms with Crippen molar-refractivity contribution >= 4 is 44.2 Å². The van der Waals surface area contributed by atoms with Crippen LogP contribution >= 0.6 is 22.9 Å². The van der Waals surface area contributed by atoms with Gasteiger partial charge in [-0.3, -0.25) is 4.79 Å². The van der Waals surface area contributed by atoms with Gasteiger partial charge in [-0.25, -0.2) is 9.37 Å². The second-order valence-electron chi connectivity index (χ2n) is 6.38. The fourth-order valence-electron chi connectivity index (χ4n) is 3.56. The maximum Gasteiger partial charge on any atom is 0.236 e. The van der Waals surface area contributed by atoms with E-state index in [1.807, 2.05) is 12.1 Å². The van der Waals surface area contributed by atoms with E-state index >= 15 is 0 Å². The molecule has 1 saturated carbocycles. The molecular formula is C19H16ClFN2OS. The number of fused-ring (bicyclic) bond motifs is 1. The van der Waals surface area contributed by atoms with Gasteiger partial charge in [0.2, 0.25) is 5.91 Å². The van der Waals surface area contributed by atoms with Crippen LogP contribution in [0.15, 0.2) is 42.5 Å². The quantitative estimate of drug-likeness (QED) is 0.654. The van der Waals surface area contributed by atoms with Gasteiger partial charge < -0.3 is 5.32 Å². The molecule has 1 N–H and O–H groups in total. The average Bonchev–Trinajstić information content (AvgIpc) is 3.22. The number of hydrogen-bond acceptors (Lipinski definition) is 3. The van der Waals surface area contributed by atoms with Crippen molar-refractivity contribution < 1.29 is 9.18 Å². The molecule has 1 aliphatic rings. The third-order valence-corrected chi connectivity index (χ3v) is 6.03. The highest BCUT2D eigenvalue weighted by Crippen LogP contribution is 2.42. The summed E-state index contributed by atoms with van der Waals surface area (Å²) in [7, 11) is 0. The average molecular weight is 375 g/mol. The first-order valence-corrected chi connectivity index (χ1v) is 9.40. The lowest BCUT2D eigenvalue weighted by Gasteiger charge is -2.27. The highest BCUT2D eigenvalue weighted by molar-refractivity contribution is 7.22. The molecule has 1 amide bonds. The Morgan fingerprint density at radius 1 is 1.16 bits per heavy atom. The number of amides is 1. The van der Waals surface area contributed by atoms with Crippen LogP contribution in [0.4, 0.5) is 9.52 Å². The normalized spacial score (nSPS) is 16.2. The molecule has 0 bridgehead atoms. The predicted octanol–water partition coefficient (Wildman–Crippen LogP) is 5.54. The maximum atomic E-state index is 13.3. The van der Waals surface area contributed by atoms with E-state index in [0.29, 0.717) is 10.2 Å². The van der Waals surface area contributed by atoms with Crippen molar-refractivity contribution in [3.63, 3.8) is 0 Å². The number of nitrogens with zero attached hydrogens (tertiary/aromatic N) is 1. The van der Waals surface area contributed by atoms with E-state index in [1.54, 1.807) is 18.2 Å². The largest absolute Gasteiger partial charge is 0.301 e. The highest BCUT2D eigenvalue weighted by atomic mass is 35.5. The Bertz CT molecular complexity index is 932. The van der Waals surface area contributed by atoms with Crippen LogP contribution in [-0.4, -0.2) is 10.9 Å². The van der Waals surface area contributed by atoms with Crippen LogP contribution in [0.3, 0.4) is 0 Å². The Morgan fingerprint density at radius 2 is 1.88 bits per heavy atom. The minimum Gasteiger partial charge on any atom is -0.301 e. The summed E-state index contributed by atoms with van der Waals surface area (Å²) in [6.07, 6.45) is 3.50. The van der Waals surface area contributed by atoms with Crippen molar-refractivity contribution in [1.82, 2.24) is 4.98 Å². The fourth-order valence-corrected chi connectivity index (χ4v) is 4.70. The Morgan fingerprint density at radius 3 is 2.60 bits per heavy atom. The summed E-state index contributed by atoms with van der Waals surface area (Å²) < 4.78 is 14.2. The standard InChI is InChI=1S/C19H16ClFN2OS/c20-13-5-8-15-16(11-13)25-18(22-15)23-17(24)19(9-1-2-10-19)12-3-6-14(21)7-4-12/h3-8,11H,1-2,9-10H2,(H,22,23,24). The van der Waals surface area contributed by atoms with E-state index in [1.165, 1.54) is 23.5 Å². The summed E-state index contributed by atoms with van der Waals surface area (Å²) >= 11 is 7.42. The first-order valence-electron chi connectivity index (χ1n) is 8.20. The number of hydrogen-bond donors (Lipinski definition) is 1. The second kappa shape index (κ2) is 6.39. The van der Waals surface area contributed by atoms with Gasteiger partial charge >= 0.3 is 0 Å². The van der Waals surface area contributed by atoms with Crippen molar-refractivity contribution in [1.29, 1.82) is 0 Å². The Labute approximate surface area is 153 Å². The molecule has 0 saturated heterocycles. The van der Waals surface area contributed by atoms with Crippen LogP contribution in [0.1, 0.15) is 31.2 Å². The first-order chi connectivity index (χ1) is 12.1. The summed E-state index contributed by atoms with van der Waals surface area (Å²) in [5.74, 6) is -0.359. The third-order valence-electron chi connectivity index (χ3n) is 4.86. The number of rotatable bonds is 3. The summed E-state index contributed by atoms with van der Waals surface area (Å²) in [6, 6.07) is 11.7. The zero-order valence-electron chi connectivity index (χ0n) is 13.4. The molecule has 0 radical (unpaired) electrons. The molecule has 25 heavy (non-hydrogen) atoms. The summed E-state index contributed by atoms with van der Waals surface area (Å²) in [4.78, 5) is 17.6. The molecule has 6 heteroatoms. The molecular weight excluding hydrogens is 359 g/mol. The summed E-state index contributed by atoms with van der Waals surface area (Å²) in [6.45, 7) is 0. The van der Waals surface area contributed by atoms with Gasteiger partial charge in [0.1, 0.15) is 5.82 Å². The monoisotopic (exact) mass is 374 g/mol. The lowest BCUT2D eigenvalue weighted by atomic mass is 9.78. The van der Waals surface area contributed by atoms with Crippen LogP contribution in [-0.2, 0) is 10.2 Å². The number of nitrogens with one attached hydrogen (secondary N) is 1. The van der Waals surface area contributed by atoms with Crippen molar-refractivity contribution in [3.05, 3.63) is 58.9 Å². The Kier molecular flexibility index (Phi) is 4.21. The topological polar surface area (TPSA) is 42.0 Å². The third kappa shape index (κ3) is 3.02. The van der Waals surface area contributed by atoms with E-state index in [-0.39, 0.29) is 11.7 Å². The van der Waals surface area contributed by atoms with Gasteiger partial charge in [0.25, 0.3) is 0 Å². The molecule has 1 fully saturated rings. The van der Waals surface area contributed by atoms with Crippen molar-refractivity contribution in [2.45, 2.75) is 31.1 Å². The van der Waals surface area contributed by atoms with E-state index in [9.17, 15) is 9.18 Å². The van der Waals surface area contributed by atoms with E-state index < -0.39 is 5.41 Å². The van der Waals surface area contributed by atoms with E-state index in [2.05, 4.69) is 10.3 Å². The molecule has 3 aromatic rings. The predicted molar refractivity (Wildman–Crippen MR) is 99.8 cm³/mol. The maximum absolute atomic E-state index is 13.3. The molecule has 128 valence electrons. The Hall–Kier alpha value is -1.98. The molecule has 3 nitrogen and oxygen atoms in total. The zero-order valence-corrected chi connectivity index (χ0v) is 15.0. The van der Waals surface area contributed by atoms with E-state index in [0.717, 1.165) is 41.5 Å². The number of thiazole rings is 1. The lowest BCUT2D eigenvalue weighted by Crippen LogP contribution is -2.37. The smallest absolute Gasteiger partial charge is 0.236 e. The molecule has 1 aliphatic carbocycles. The molecule has 1 heterocycles. The summed E-state index contributed by atoms with van der Waals surface area (Å²) in [5, 5.41) is 4.19. The zero-order chi connectivity index (χ0) is 17.4. The van der Waals surface area contributed by atoms with Gasteiger partial charge in [0.05, 0.1) is 15.6 Å². The molecule has 0 aliphatic heterocycles. The Balaban J connectivity index is 1.65. The van der Waals surface area contributed by atoms with Gasteiger partial charge in [0, 0.05) is 5.02 Å². The lowest BCUT2D eigenvalue weighted by molar-refractivity contribution is -0.121. The van der Waals surface area contributed by atoms with Crippen LogP contribution in [0, 0.1) is 5.82 Å². The highest BCUT2D eigenvalue weighted by Gasteiger charge is 2.43. The van der Waals surface area contributed by atoms with Crippen LogP contribution in [0.25, 0.3) is 10.2 Å². The minimum absolute atomic E-state index is 0.0678. The SMILES string of the molecule is O=C(Nc1nc2ccc(Cl)cc2s1)C1(c2ccc(F)cc2)CCCC1. The molecule has 0 atom stereocenters. The van der Waals surface area contributed by atoms with Crippen molar-refractivity contribution in [3.8, 4) is 0 Å². The molecule has 0 unspecified atom stereocenters. The van der Waals surface area contributed by atoms with E-state index in [4.69, 9.17) is 11.6 Å². The fraction of sp³-hybridized carbons (Fsp3) is 0.263. The van der Waals surface area contributed by atoms with Crippen LogP contribution in [0.2, 0.25) is 5.02 Å². The molecule has 0 spiro atoms. The number of aromatic nitrogens is 1. The number of carbonyl (C=O) groups excluding carboxylic acids is 1. The number of halogens is 2. The van der Waals surface area contributed by atoms with Gasteiger partial charge in [-0.05, 0) is 48.7 Å². The van der Waals surface area contributed by atoms with Crippen molar-refractivity contribution in [2.75, 3.05) is 5.32 Å². The van der Waals surface area contributed by atoms with Gasteiger partial charge in [0.15, 0.2) is 5.13 Å². The molecule has 4 rings (SSSR count). The minimum atomic E-state index is -0.608. The molecule has 2 aromatic carbocycles. The van der Waals surface area contributed by atoms with Gasteiger partial charge in [-0.2, -0.15) is 0 Å². The van der Waals surface area contributed by atoms with Crippen LogP contribution in [0.5, 0.6) is 0 Å². The van der Waals surface area contributed by atoms with Crippen LogP contribution < -0.4 is 5.32 Å². The van der Waals surface area contributed by atoms with Gasteiger partial charge in [-0.15, -0.1) is 0 Å². The second-order valence-corrected chi connectivity index (χ2v) is 7.85. The molecule has 1 aromatic heterocycles. The number of anilines is 1. The number of benzene rings is 2. The first kappa shape index (κ1) is 16.5. The summed E-state index contributed by atoms with van der Waals surface area (Å²) in [5.41, 5.74) is 1.07.